The maximum absolute atomic E-state index is 5.33. The Morgan fingerprint density at radius 3 is 2.19 bits per heavy atom. The molecule has 5 aromatic rings. The van der Waals surface area contributed by atoms with Gasteiger partial charge in [0, 0.05) is 12.7 Å². The lowest BCUT2D eigenvalue weighted by molar-refractivity contribution is -0.552. The number of likely N-dealkylation sites (N-methyl/N-ethyl adjacent to an activating group) is 1. The number of aromatic nitrogens is 2. The van der Waals surface area contributed by atoms with Crippen LogP contribution in [0.5, 0.6) is 0 Å². The van der Waals surface area contributed by atoms with E-state index in [2.05, 4.69) is 113 Å². The smallest absolute Gasteiger partial charge is 0.302 e. The molecule has 6 nitrogen and oxygen atoms in total. The van der Waals surface area contributed by atoms with E-state index in [4.69, 9.17) is 15.0 Å². The van der Waals surface area contributed by atoms with Gasteiger partial charge in [-0.2, -0.15) is 4.57 Å². The summed E-state index contributed by atoms with van der Waals surface area (Å²) >= 11 is 0. The Labute approximate surface area is 215 Å². The number of fused-ring (bicyclic) bond motifs is 4. The fourth-order valence-corrected chi connectivity index (χ4v) is 5.10. The molecule has 0 saturated carbocycles. The molecular formula is C31H25N6+. The van der Waals surface area contributed by atoms with Crippen molar-refractivity contribution in [2.75, 3.05) is 16.8 Å². The quantitative estimate of drug-likeness (QED) is 0.271. The maximum Gasteiger partial charge on any atom is 0.374 e. The van der Waals surface area contributed by atoms with E-state index in [-0.39, 0.29) is 0 Å². The summed E-state index contributed by atoms with van der Waals surface area (Å²) in [6, 6.07) is 33.4. The number of rotatable bonds is 2. The third kappa shape index (κ3) is 3.33. The molecule has 37 heavy (non-hydrogen) atoms. The van der Waals surface area contributed by atoms with Crippen LogP contribution in [0, 0.1) is 13.8 Å². The second kappa shape index (κ2) is 8.10. The van der Waals surface area contributed by atoms with Gasteiger partial charge in [0.2, 0.25) is 11.7 Å². The van der Waals surface area contributed by atoms with Gasteiger partial charge in [-0.1, -0.05) is 48.5 Å². The summed E-state index contributed by atoms with van der Waals surface area (Å²) in [4.78, 5) is 19.8. The van der Waals surface area contributed by atoms with E-state index >= 15 is 0 Å². The first kappa shape index (κ1) is 21.4. The molecule has 0 atom stereocenters. The van der Waals surface area contributed by atoms with Gasteiger partial charge >= 0.3 is 5.82 Å². The molecule has 0 aliphatic carbocycles. The van der Waals surface area contributed by atoms with E-state index in [9.17, 15) is 0 Å². The highest BCUT2D eigenvalue weighted by atomic mass is 15.4. The summed E-state index contributed by atoms with van der Waals surface area (Å²) in [5, 5.41) is 0. The van der Waals surface area contributed by atoms with Crippen LogP contribution in [0.15, 0.2) is 107 Å². The molecule has 0 N–H and O–H groups in total. The van der Waals surface area contributed by atoms with Crippen LogP contribution in [-0.2, 0) is 0 Å². The monoisotopic (exact) mass is 481 g/mol. The highest BCUT2D eigenvalue weighted by Crippen LogP contribution is 2.42. The molecule has 0 bridgehead atoms. The SMILES string of the molecule is Cc1ccc2c(c1)N(c1ccccc1)C1=Nc3c(nc4ccc(C)cc4[n+]3-c3ccccc3)N(C)C1=N2. The Balaban J connectivity index is 1.58. The van der Waals surface area contributed by atoms with Crippen molar-refractivity contribution in [1.82, 2.24) is 4.98 Å². The molecule has 0 unspecified atom stereocenters. The topological polar surface area (TPSA) is 48.0 Å². The normalized spacial score (nSPS) is 14.0. The van der Waals surface area contributed by atoms with E-state index in [1.165, 1.54) is 11.1 Å². The lowest BCUT2D eigenvalue weighted by atomic mass is 10.1. The molecule has 0 radical (unpaired) electrons. The molecule has 0 fully saturated rings. The van der Waals surface area contributed by atoms with Crippen molar-refractivity contribution in [1.29, 1.82) is 0 Å². The summed E-state index contributed by atoms with van der Waals surface area (Å²) in [5.74, 6) is 3.09. The fraction of sp³-hybridized carbons (Fsp3) is 0.0968. The zero-order valence-corrected chi connectivity index (χ0v) is 20.9. The average Bonchev–Trinajstić information content (AvgIpc) is 2.92. The molecule has 2 aliphatic rings. The van der Waals surface area contributed by atoms with Crippen molar-refractivity contribution < 1.29 is 4.57 Å². The average molecular weight is 482 g/mol. The standard InChI is InChI=1S/C31H25N6/c1-20-14-16-24-26(18-20)36(22-10-6-4-7-11-22)30-28(32-24)35(3)29-31(34-30)37(23-12-8-5-9-13-23)27-19-21(2)15-17-25(27)33-29/h4-19H,1-3H3/q+1. The molecule has 0 amide bonds. The second-order valence-electron chi connectivity index (χ2n) is 9.52. The van der Waals surface area contributed by atoms with Crippen LogP contribution in [0.25, 0.3) is 16.7 Å². The molecule has 4 aromatic carbocycles. The molecule has 0 spiro atoms. The first-order valence-corrected chi connectivity index (χ1v) is 12.4. The molecule has 0 saturated heterocycles. The van der Waals surface area contributed by atoms with Gasteiger partial charge in [-0.25, -0.2) is 9.98 Å². The number of benzene rings is 4. The van der Waals surface area contributed by atoms with Crippen molar-refractivity contribution in [3.05, 3.63) is 108 Å². The van der Waals surface area contributed by atoms with Crippen LogP contribution >= 0.6 is 0 Å². The van der Waals surface area contributed by atoms with Crippen LogP contribution in [-0.4, -0.2) is 23.7 Å². The van der Waals surface area contributed by atoms with Gasteiger partial charge < -0.3 is 4.90 Å². The van der Waals surface area contributed by atoms with Gasteiger partial charge in [0.15, 0.2) is 5.52 Å². The van der Waals surface area contributed by atoms with Crippen molar-refractivity contribution in [3.8, 4) is 5.69 Å². The molecule has 178 valence electrons. The Morgan fingerprint density at radius 2 is 1.41 bits per heavy atom. The summed E-state index contributed by atoms with van der Waals surface area (Å²) < 4.78 is 2.21. The van der Waals surface area contributed by atoms with Crippen LogP contribution < -0.4 is 14.4 Å². The Hall–Kier alpha value is -4.84. The van der Waals surface area contributed by atoms with Crippen LogP contribution in [0.2, 0.25) is 0 Å². The molecule has 2 aliphatic heterocycles. The fourth-order valence-electron chi connectivity index (χ4n) is 5.10. The van der Waals surface area contributed by atoms with Crippen molar-refractivity contribution >= 4 is 51.4 Å². The van der Waals surface area contributed by atoms with Gasteiger partial charge in [-0.05, 0) is 78.5 Å². The van der Waals surface area contributed by atoms with E-state index < -0.39 is 0 Å². The van der Waals surface area contributed by atoms with Crippen LogP contribution in [0.1, 0.15) is 11.1 Å². The third-order valence-electron chi connectivity index (χ3n) is 6.90. The number of aliphatic imine (C=N–C) groups is 2. The summed E-state index contributed by atoms with van der Waals surface area (Å²) in [6.07, 6.45) is 0. The number of aryl methyl sites for hydroxylation is 2. The van der Waals surface area contributed by atoms with E-state index in [1.54, 1.807) is 0 Å². The number of amidine groups is 2. The van der Waals surface area contributed by atoms with E-state index in [1.807, 2.05) is 19.2 Å². The molecular weight excluding hydrogens is 456 g/mol. The molecule has 6 heteroatoms. The highest BCUT2D eigenvalue weighted by molar-refractivity contribution is 6.53. The summed E-state index contributed by atoms with van der Waals surface area (Å²) in [7, 11) is 2.02. The van der Waals surface area contributed by atoms with E-state index in [0.717, 1.165) is 57.1 Å². The lowest BCUT2D eigenvalue weighted by Gasteiger charge is -2.34. The maximum atomic E-state index is 5.33. The van der Waals surface area contributed by atoms with Crippen LogP contribution in [0.4, 0.5) is 28.7 Å². The predicted octanol–water partition coefficient (Wildman–Crippen LogP) is 6.49. The second-order valence-corrected chi connectivity index (χ2v) is 9.52. The number of hydrogen-bond donors (Lipinski definition) is 0. The zero-order chi connectivity index (χ0) is 25.1. The van der Waals surface area contributed by atoms with Gasteiger partial charge in [0.1, 0.15) is 11.2 Å². The van der Waals surface area contributed by atoms with E-state index in [0.29, 0.717) is 0 Å². The Bertz CT molecular complexity index is 1760. The highest BCUT2D eigenvalue weighted by Gasteiger charge is 2.42. The van der Waals surface area contributed by atoms with Crippen LogP contribution in [0.3, 0.4) is 0 Å². The van der Waals surface area contributed by atoms with Crippen molar-refractivity contribution in [3.63, 3.8) is 0 Å². The molecule has 1 aromatic heterocycles. The first-order valence-electron chi connectivity index (χ1n) is 12.4. The van der Waals surface area contributed by atoms with Gasteiger partial charge in [-0.3, -0.25) is 4.90 Å². The number of nitrogens with zero attached hydrogens (tertiary/aromatic N) is 6. The van der Waals surface area contributed by atoms with Gasteiger partial charge in [0.05, 0.1) is 11.4 Å². The Kier molecular flexibility index (Phi) is 4.69. The largest absolute Gasteiger partial charge is 0.374 e. The van der Waals surface area contributed by atoms with Crippen molar-refractivity contribution in [2.24, 2.45) is 9.98 Å². The minimum atomic E-state index is 0.770. The first-order chi connectivity index (χ1) is 18.1. The number of para-hydroxylation sites is 2. The molecule has 3 heterocycles. The minimum absolute atomic E-state index is 0.770. The lowest BCUT2D eigenvalue weighted by Crippen LogP contribution is -2.48. The van der Waals surface area contributed by atoms with Crippen molar-refractivity contribution in [2.45, 2.75) is 13.8 Å². The molecule has 7 rings (SSSR count). The minimum Gasteiger partial charge on any atom is -0.302 e. The zero-order valence-electron chi connectivity index (χ0n) is 20.9. The number of hydrogen-bond acceptors (Lipinski definition) is 5. The number of anilines is 3. The summed E-state index contributed by atoms with van der Waals surface area (Å²) in [6.45, 7) is 4.21. The Morgan fingerprint density at radius 1 is 0.703 bits per heavy atom. The predicted molar refractivity (Wildman–Crippen MR) is 150 cm³/mol. The van der Waals surface area contributed by atoms with Gasteiger partial charge in [0.25, 0.3) is 5.84 Å². The van der Waals surface area contributed by atoms with Gasteiger partial charge in [-0.15, -0.1) is 0 Å². The third-order valence-corrected chi connectivity index (χ3v) is 6.90. The summed E-state index contributed by atoms with van der Waals surface area (Å²) in [5.41, 5.74) is 8.26.